The molecule has 0 aromatic carbocycles. The van der Waals surface area contributed by atoms with Crippen LogP contribution in [-0.2, 0) is 45.5 Å². The Kier molecular flexibility index (Phi) is 6.03. The van der Waals surface area contributed by atoms with E-state index >= 15 is 0 Å². The van der Waals surface area contributed by atoms with E-state index in [1.165, 1.54) is 0 Å². The summed E-state index contributed by atoms with van der Waals surface area (Å²) in [5.41, 5.74) is 4.06. The highest BCUT2D eigenvalue weighted by atomic mass is 79.9. The molecule has 4 N–H and O–H groups in total. The van der Waals surface area contributed by atoms with Crippen molar-refractivity contribution in [2.45, 2.75) is 80.4 Å². The van der Waals surface area contributed by atoms with Gasteiger partial charge in [0.25, 0.3) is 0 Å². The summed E-state index contributed by atoms with van der Waals surface area (Å²) in [7, 11) is -3.55. The minimum Gasteiger partial charge on any atom is -0.383 e. The van der Waals surface area contributed by atoms with Crippen molar-refractivity contribution >= 4 is 48.9 Å². The quantitative estimate of drug-likeness (QED) is 0.496. The minimum atomic E-state index is -3.55. The molecule has 0 aliphatic heterocycles. The number of urea groups is 1. The van der Waals surface area contributed by atoms with Gasteiger partial charge in [0, 0.05) is 16.4 Å². The van der Waals surface area contributed by atoms with E-state index in [0.29, 0.717) is 10.7 Å². The maximum atomic E-state index is 13.3. The van der Waals surface area contributed by atoms with Gasteiger partial charge < -0.3 is 10.4 Å². The summed E-state index contributed by atoms with van der Waals surface area (Å²) in [5.74, 6) is 0. The predicted molar refractivity (Wildman–Crippen MR) is 130 cm³/mol. The lowest BCUT2D eigenvalue weighted by molar-refractivity contribution is 0.0781. The van der Waals surface area contributed by atoms with Crippen LogP contribution in [-0.4, -0.2) is 25.3 Å². The van der Waals surface area contributed by atoms with Gasteiger partial charge in [-0.05, 0) is 57.1 Å². The second kappa shape index (κ2) is 8.12. The molecule has 32 heavy (non-hydrogen) atoms. The van der Waals surface area contributed by atoms with Gasteiger partial charge in [0.05, 0.1) is 17.1 Å². The number of nitrogens with zero attached hydrogens (tertiary/aromatic N) is 3. The maximum absolute atomic E-state index is 13.3. The van der Waals surface area contributed by atoms with E-state index in [4.69, 9.17) is 10.1 Å². The number of aliphatic hydroxyl groups is 1. The Labute approximate surface area is 200 Å². The van der Waals surface area contributed by atoms with Crippen molar-refractivity contribution < 1.29 is 14.1 Å². The Morgan fingerprint density at radius 1 is 1.31 bits per heavy atom. The molecule has 2 aromatic heterocycles. The molecule has 11 heteroatoms. The maximum Gasteiger partial charge on any atom is 0.354 e. The molecule has 0 spiro atoms. The van der Waals surface area contributed by atoms with Gasteiger partial charge in [-0.2, -0.15) is 0 Å². The number of carbonyl (C=O) groups is 1. The molecule has 2 aromatic rings. The van der Waals surface area contributed by atoms with Crippen molar-refractivity contribution in [3.63, 3.8) is 0 Å². The van der Waals surface area contributed by atoms with E-state index in [1.54, 1.807) is 13.8 Å². The normalized spacial score (nSPS) is 18.7. The van der Waals surface area contributed by atoms with Gasteiger partial charge in [-0.25, -0.2) is 19.1 Å². The zero-order valence-corrected chi connectivity index (χ0v) is 21.8. The van der Waals surface area contributed by atoms with E-state index in [0.717, 1.165) is 71.6 Å². The Balaban J connectivity index is 1.72. The number of thiazole rings is 1. The average Bonchev–Trinajstić information content (AvgIpc) is 3.38. The smallest absolute Gasteiger partial charge is 0.354 e. The van der Waals surface area contributed by atoms with Crippen molar-refractivity contribution in [3.05, 3.63) is 33.2 Å². The molecule has 0 saturated heterocycles. The van der Waals surface area contributed by atoms with Gasteiger partial charge in [0.2, 0.25) is 0 Å². The van der Waals surface area contributed by atoms with E-state index in [9.17, 15) is 14.1 Å². The third-order valence-corrected chi connectivity index (χ3v) is 9.90. The number of aryl methyl sites for hydroxylation is 1. The van der Waals surface area contributed by atoms with Crippen molar-refractivity contribution in [1.29, 1.82) is 0 Å². The van der Waals surface area contributed by atoms with Gasteiger partial charge in [0.1, 0.15) is 14.8 Å². The molecule has 174 valence electrons. The molecule has 0 fully saturated rings. The number of nitrogens with one attached hydrogen (secondary N) is 1. The third kappa shape index (κ3) is 4.25. The van der Waals surface area contributed by atoms with E-state index in [1.807, 2.05) is 0 Å². The molecule has 2 aliphatic carbocycles. The summed E-state index contributed by atoms with van der Waals surface area (Å²) in [6.07, 6.45) is 4.52. The Morgan fingerprint density at radius 3 is 2.69 bits per heavy atom. The second-order valence-corrected chi connectivity index (χ2v) is 13.1. The molecule has 1 atom stereocenters. The standard InChI is InChI=1S/C21H28BrN5O3S2/c1-20(2)9-8-12-15(11-6-5-7-13(11)24-16(12)20)26-19(28)27-32(23,30)17-14(10-22)25-18(31-17)21(3,4)29/h29H,5-10H2,1-4H3,(H3,23,24,26,27,28,30). The lowest BCUT2D eigenvalue weighted by Gasteiger charge is -2.20. The van der Waals surface area contributed by atoms with Crippen molar-refractivity contribution in [2.75, 3.05) is 5.32 Å². The van der Waals surface area contributed by atoms with Crippen LogP contribution in [0, 0.1) is 0 Å². The molecule has 0 bridgehead atoms. The van der Waals surface area contributed by atoms with Gasteiger partial charge in [-0.3, -0.25) is 4.98 Å². The number of carbonyl (C=O) groups excluding carboxylic acids is 1. The Hall–Kier alpha value is -1.40. The van der Waals surface area contributed by atoms with Crippen LogP contribution in [0.3, 0.4) is 0 Å². The molecule has 8 nitrogen and oxygen atoms in total. The van der Waals surface area contributed by atoms with Crippen LogP contribution in [0.15, 0.2) is 8.57 Å². The van der Waals surface area contributed by atoms with Crippen molar-refractivity contribution in [2.24, 2.45) is 9.50 Å². The molecular weight excluding hydrogens is 514 g/mol. The number of rotatable bonds is 4. The van der Waals surface area contributed by atoms with Gasteiger partial charge in [-0.1, -0.05) is 29.8 Å². The highest BCUT2D eigenvalue weighted by Crippen LogP contribution is 2.44. The number of nitrogens with two attached hydrogens (primary N) is 1. The number of pyridine rings is 1. The lowest BCUT2D eigenvalue weighted by Crippen LogP contribution is -2.20. The van der Waals surface area contributed by atoms with Crippen LogP contribution < -0.4 is 10.5 Å². The molecule has 2 aliphatic rings. The number of hydrogen-bond donors (Lipinski definition) is 3. The number of halogens is 1. The largest absolute Gasteiger partial charge is 0.383 e. The Morgan fingerprint density at radius 2 is 2.03 bits per heavy atom. The fourth-order valence-corrected chi connectivity index (χ4v) is 7.59. The molecule has 0 saturated carbocycles. The summed E-state index contributed by atoms with van der Waals surface area (Å²) in [4.78, 5) is 22.2. The zero-order chi connectivity index (χ0) is 23.5. The van der Waals surface area contributed by atoms with E-state index in [2.05, 4.69) is 44.4 Å². The number of alkyl halides is 1. The first kappa shape index (κ1) is 23.7. The minimum absolute atomic E-state index is 0.0497. The Bertz CT molecular complexity index is 1220. The first-order valence-electron chi connectivity index (χ1n) is 10.5. The molecular formula is C21H28BrN5O3S2. The third-order valence-electron chi connectivity index (χ3n) is 5.99. The summed E-state index contributed by atoms with van der Waals surface area (Å²) in [5, 5.41) is 19.9. The molecule has 2 amide bonds. The summed E-state index contributed by atoms with van der Waals surface area (Å²) in [6.45, 7) is 7.51. The van der Waals surface area contributed by atoms with Crippen molar-refractivity contribution in [1.82, 2.24) is 9.97 Å². The van der Waals surface area contributed by atoms with Crippen LogP contribution in [0.5, 0.6) is 0 Å². The van der Waals surface area contributed by atoms with Gasteiger partial charge >= 0.3 is 6.03 Å². The van der Waals surface area contributed by atoms with Crippen LogP contribution in [0.2, 0.25) is 0 Å². The second-order valence-electron chi connectivity index (χ2n) is 9.51. The summed E-state index contributed by atoms with van der Waals surface area (Å²) >= 11 is 4.32. The summed E-state index contributed by atoms with van der Waals surface area (Å²) < 4.78 is 17.3. The first-order chi connectivity index (χ1) is 14.8. The van der Waals surface area contributed by atoms with E-state index < -0.39 is 21.5 Å². The fourth-order valence-electron chi connectivity index (χ4n) is 4.34. The first-order valence-corrected chi connectivity index (χ1v) is 14.0. The van der Waals surface area contributed by atoms with Crippen LogP contribution in [0.4, 0.5) is 10.5 Å². The number of aromatic nitrogens is 2. The van der Waals surface area contributed by atoms with Gasteiger partial charge in [0.15, 0.2) is 9.92 Å². The van der Waals surface area contributed by atoms with Crippen LogP contribution in [0.25, 0.3) is 0 Å². The molecule has 4 rings (SSSR count). The van der Waals surface area contributed by atoms with Crippen molar-refractivity contribution in [3.8, 4) is 0 Å². The number of anilines is 1. The van der Waals surface area contributed by atoms with Crippen LogP contribution >= 0.6 is 27.3 Å². The SMILES string of the molecule is CC(C)(O)c1nc(CBr)c(S(N)(=O)=NC(=O)Nc2c3c(nc4c2CCC4(C)C)CCC3)s1. The van der Waals surface area contributed by atoms with Crippen LogP contribution in [0.1, 0.15) is 73.8 Å². The fraction of sp³-hybridized carbons (Fsp3) is 0.571. The highest BCUT2D eigenvalue weighted by molar-refractivity contribution is 9.08. The average molecular weight is 543 g/mol. The highest BCUT2D eigenvalue weighted by Gasteiger charge is 2.36. The lowest BCUT2D eigenvalue weighted by atomic mass is 9.90. The summed E-state index contributed by atoms with van der Waals surface area (Å²) in [6, 6.07) is -0.747. The molecule has 2 heterocycles. The monoisotopic (exact) mass is 541 g/mol. The predicted octanol–water partition coefficient (Wildman–Crippen LogP) is 4.31. The number of amides is 2. The molecule has 0 radical (unpaired) electrons. The zero-order valence-electron chi connectivity index (χ0n) is 18.6. The number of fused-ring (bicyclic) bond motifs is 2. The number of hydrogen-bond acceptors (Lipinski definition) is 6. The molecule has 1 unspecified atom stereocenters. The topological polar surface area (TPSA) is 131 Å². The van der Waals surface area contributed by atoms with Gasteiger partial charge in [-0.15, -0.1) is 15.7 Å². The van der Waals surface area contributed by atoms with E-state index in [-0.39, 0.29) is 15.0 Å².